The van der Waals surface area contributed by atoms with Crippen molar-refractivity contribution in [2.75, 3.05) is 32.7 Å². The van der Waals surface area contributed by atoms with Gasteiger partial charge < -0.3 is 5.73 Å². The number of hydrogen-bond donors (Lipinski definition) is 1. The Morgan fingerprint density at radius 2 is 1.82 bits per heavy atom. The molecule has 2 N–H and O–H groups in total. The van der Waals surface area contributed by atoms with Gasteiger partial charge in [-0.05, 0) is 58.0 Å². The third-order valence-electron chi connectivity index (χ3n) is 5.41. The molecule has 3 rings (SSSR count). The van der Waals surface area contributed by atoms with Crippen LogP contribution in [-0.4, -0.2) is 54.1 Å². The molecule has 0 amide bonds. The van der Waals surface area contributed by atoms with E-state index in [9.17, 15) is 0 Å². The number of nitrogens with two attached hydrogens (primary N) is 1. The molecular weight excluding hydrogens is 210 g/mol. The number of hydrogen-bond acceptors (Lipinski definition) is 3. The van der Waals surface area contributed by atoms with Gasteiger partial charge in [-0.2, -0.15) is 0 Å². The fraction of sp³-hybridized carbons (Fsp3) is 1.00. The van der Waals surface area contributed by atoms with Crippen LogP contribution in [0.4, 0.5) is 0 Å². The van der Waals surface area contributed by atoms with Crippen LogP contribution < -0.4 is 5.73 Å². The summed E-state index contributed by atoms with van der Waals surface area (Å²) in [6, 6.07) is 0.821. The van der Waals surface area contributed by atoms with Gasteiger partial charge >= 0.3 is 0 Å². The molecule has 0 aromatic rings. The third kappa shape index (κ3) is 2.13. The Bertz CT molecular complexity index is 271. The lowest BCUT2D eigenvalue weighted by Crippen LogP contribution is -2.53. The molecule has 2 unspecified atom stereocenters. The lowest BCUT2D eigenvalue weighted by Gasteiger charge is -2.39. The first-order valence-electron chi connectivity index (χ1n) is 7.43. The Kier molecular flexibility index (Phi) is 3.18. The summed E-state index contributed by atoms with van der Waals surface area (Å²) in [5.41, 5.74) is 6.37. The van der Waals surface area contributed by atoms with Crippen LogP contribution in [0, 0.1) is 5.92 Å². The molecule has 98 valence electrons. The zero-order chi connectivity index (χ0) is 11.9. The van der Waals surface area contributed by atoms with Gasteiger partial charge in [0.2, 0.25) is 0 Å². The smallest absolute Gasteiger partial charge is 0.0332 e. The van der Waals surface area contributed by atoms with Crippen molar-refractivity contribution in [2.45, 2.75) is 50.6 Å². The van der Waals surface area contributed by atoms with Gasteiger partial charge in [-0.25, -0.2) is 0 Å². The summed E-state index contributed by atoms with van der Waals surface area (Å²) in [7, 11) is 0. The van der Waals surface area contributed by atoms with E-state index in [1.807, 2.05) is 0 Å². The SMILES string of the molecule is CC(CN)(C1CC1)N1CCC(N2CCCC2)C1. The Morgan fingerprint density at radius 1 is 1.12 bits per heavy atom. The highest BCUT2D eigenvalue weighted by Gasteiger charge is 2.47. The molecule has 0 spiro atoms. The first-order valence-corrected chi connectivity index (χ1v) is 7.43. The summed E-state index contributed by atoms with van der Waals surface area (Å²) >= 11 is 0. The summed E-state index contributed by atoms with van der Waals surface area (Å²) in [5.74, 6) is 0.879. The van der Waals surface area contributed by atoms with Crippen LogP contribution in [0.1, 0.15) is 39.0 Å². The maximum Gasteiger partial charge on any atom is 0.0332 e. The molecular formula is C14H27N3. The summed E-state index contributed by atoms with van der Waals surface area (Å²) in [6.45, 7) is 8.44. The average Bonchev–Trinajstić information content (AvgIpc) is 2.88. The van der Waals surface area contributed by atoms with Crippen LogP contribution in [0.15, 0.2) is 0 Å². The highest BCUT2D eigenvalue weighted by atomic mass is 15.3. The molecule has 2 saturated heterocycles. The van der Waals surface area contributed by atoms with Crippen molar-refractivity contribution in [1.82, 2.24) is 9.80 Å². The van der Waals surface area contributed by atoms with Crippen LogP contribution in [0.2, 0.25) is 0 Å². The molecule has 1 aliphatic carbocycles. The van der Waals surface area contributed by atoms with Crippen molar-refractivity contribution in [3.05, 3.63) is 0 Å². The highest BCUT2D eigenvalue weighted by Crippen LogP contribution is 2.44. The van der Waals surface area contributed by atoms with Crippen LogP contribution in [0.25, 0.3) is 0 Å². The molecule has 1 saturated carbocycles. The topological polar surface area (TPSA) is 32.5 Å². The fourth-order valence-corrected chi connectivity index (χ4v) is 3.87. The van der Waals surface area contributed by atoms with E-state index >= 15 is 0 Å². The first-order chi connectivity index (χ1) is 8.24. The number of nitrogens with zero attached hydrogens (tertiary/aromatic N) is 2. The lowest BCUT2D eigenvalue weighted by molar-refractivity contribution is 0.106. The van der Waals surface area contributed by atoms with Gasteiger partial charge in [0.1, 0.15) is 0 Å². The summed E-state index contributed by atoms with van der Waals surface area (Å²) in [4.78, 5) is 5.41. The molecule has 3 fully saturated rings. The molecule has 0 aromatic heterocycles. The molecule has 3 nitrogen and oxygen atoms in total. The van der Waals surface area contributed by atoms with Crippen molar-refractivity contribution >= 4 is 0 Å². The van der Waals surface area contributed by atoms with Gasteiger partial charge in [-0.1, -0.05) is 0 Å². The molecule has 0 radical (unpaired) electrons. The van der Waals surface area contributed by atoms with E-state index < -0.39 is 0 Å². The maximum atomic E-state index is 6.07. The largest absolute Gasteiger partial charge is 0.329 e. The number of likely N-dealkylation sites (tertiary alicyclic amines) is 2. The Balaban J connectivity index is 1.62. The predicted octanol–water partition coefficient (Wildman–Crippen LogP) is 1.28. The van der Waals surface area contributed by atoms with E-state index in [2.05, 4.69) is 16.7 Å². The lowest BCUT2D eigenvalue weighted by atomic mass is 9.94. The third-order valence-corrected chi connectivity index (χ3v) is 5.41. The van der Waals surface area contributed by atoms with E-state index in [4.69, 9.17) is 5.73 Å². The van der Waals surface area contributed by atoms with Crippen molar-refractivity contribution in [1.29, 1.82) is 0 Å². The van der Waals surface area contributed by atoms with Gasteiger partial charge in [0.15, 0.2) is 0 Å². The predicted molar refractivity (Wildman–Crippen MR) is 71.0 cm³/mol. The summed E-state index contributed by atoms with van der Waals surface area (Å²) in [6.07, 6.45) is 6.99. The molecule has 2 aliphatic heterocycles. The number of rotatable bonds is 4. The zero-order valence-corrected chi connectivity index (χ0v) is 11.2. The summed E-state index contributed by atoms with van der Waals surface area (Å²) < 4.78 is 0. The molecule has 3 aliphatic rings. The normalized spacial score (nSPS) is 35.3. The van der Waals surface area contributed by atoms with Crippen LogP contribution >= 0.6 is 0 Å². The maximum absolute atomic E-state index is 6.07. The molecule has 2 heterocycles. The van der Waals surface area contributed by atoms with Gasteiger partial charge in [-0.15, -0.1) is 0 Å². The average molecular weight is 237 g/mol. The van der Waals surface area contributed by atoms with Crippen molar-refractivity contribution < 1.29 is 0 Å². The molecule has 2 atom stereocenters. The second-order valence-electron chi connectivity index (χ2n) is 6.47. The first kappa shape index (κ1) is 11.9. The van der Waals surface area contributed by atoms with E-state index in [1.54, 1.807) is 0 Å². The van der Waals surface area contributed by atoms with Crippen LogP contribution in [0.3, 0.4) is 0 Å². The van der Waals surface area contributed by atoms with E-state index in [1.165, 1.54) is 58.3 Å². The molecule has 3 heteroatoms. The minimum atomic E-state index is 0.300. The van der Waals surface area contributed by atoms with Gasteiger partial charge in [-0.3, -0.25) is 9.80 Å². The van der Waals surface area contributed by atoms with Gasteiger partial charge in [0, 0.05) is 31.2 Å². The Morgan fingerprint density at radius 3 is 2.41 bits per heavy atom. The van der Waals surface area contributed by atoms with Gasteiger partial charge in [0.25, 0.3) is 0 Å². The molecule has 17 heavy (non-hydrogen) atoms. The van der Waals surface area contributed by atoms with Gasteiger partial charge in [0.05, 0.1) is 0 Å². The fourth-order valence-electron chi connectivity index (χ4n) is 3.87. The van der Waals surface area contributed by atoms with Crippen molar-refractivity contribution in [2.24, 2.45) is 11.7 Å². The van der Waals surface area contributed by atoms with E-state index in [-0.39, 0.29) is 0 Å². The minimum Gasteiger partial charge on any atom is -0.329 e. The second kappa shape index (κ2) is 4.52. The van der Waals surface area contributed by atoms with Crippen molar-refractivity contribution in [3.8, 4) is 0 Å². The molecule has 0 aromatic carbocycles. The zero-order valence-electron chi connectivity index (χ0n) is 11.2. The monoisotopic (exact) mass is 237 g/mol. The van der Waals surface area contributed by atoms with Crippen LogP contribution in [0.5, 0.6) is 0 Å². The second-order valence-corrected chi connectivity index (χ2v) is 6.47. The van der Waals surface area contributed by atoms with Crippen molar-refractivity contribution in [3.63, 3.8) is 0 Å². The van der Waals surface area contributed by atoms with E-state index in [0.717, 1.165) is 18.5 Å². The highest BCUT2D eigenvalue weighted by molar-refractivity contribution is 5.03. The molecule has 0 bridgehead atoms. The minimum absolute atomic E-state index is 0.300. The Labute approximate surface area is 105 Å². The van der Waals surface area contributed by atoms with E-state index in [0.29, 0.717) is 5.54 Å². The van der Waals surface area contributed by atoms with Crippen LogP contribution in [-0.2, 0) is 0 Å². The summed E-state index contributed by atoms with van der Waals surface area (Å²) in [5, 5.41) is 0. The quantitative estimate of drug-likeness (QED) is 0.799. The Hall–Kier alpha value is -0.120. The standard InChI is InChI=1S/C14H27N3/c1-14(11-15,12-4-5-12)17-9-6-13(10-17)16-7-2-3-8-16/h12-13H,2-11,15H2,1H3.